The molecule has 0 saturated carbocycles. The van der Waals surface area contributed by atoms with Crippen molar-refractivity contribution in [3.8, 4) is 23.0 Å². The summed E-state index contributed by atoms with van der Waals surface area (Å²) in [6, 6.07) is 17.7. The summed E-state index contributed by atoms with van der Waals surface area (Å²) >= 11 is 0. The van der Waals surface area contributed by atoms with E-state index in [0.717, 1.165) is 11.1 Å². The second-order valence-corrected chi connectivity index (χ2v) is 7.41. The molecule has 0 fully saturated rings. The van der Waals surface area contributed by atoms with Crippen LogP contribution in [-0.2, 0) is 16.0 Å². The summed E-state index contributed by atoms with van der Waals surface area (Å²) in [5, 5.41) is 11.7. The third-order valence-electron chi connectivity index (χ3n) is 5.04. The number of methoxy groups -OCH3 is 2. The fourth-order valence-corrected chi connectivity index (χ4v) is 3.39. The van der Waals surface area contributed by atoms with E-state index in [0.29, 0.717) is 39.7 Å². The van der Waals surface area contributed by atoms with E-state index < -0.39 is 5.97 Å². The zero-order valence-corrected chi connectivity index (χ0v) is 18.6. The minimum absolute atomic E-state index is 0.0707. The predicted octanol–water partition coefficient (Wildman–Crippen LogP) is 4.79. The quantitative estimate of drug-likeness (QED) is 0.365. The lowest BCUT2D eigenvalue weighted by atomic mass is 10.1. The fourth-order valence-electron chi connectivity index (χ4n) is 3.39. The summed E-state index contributed by atoms with van der Waals surface area (Å²) < 4.78 is 16.2. The number of carboxylic acid groups (broad SMARTS) is 1. The Kier molecular flexibility index (Phi) is 6.59. The zero-order chi connectivity index (χ0) is 24.1. The number of aliphatic carboxylic acids is 1. The van der Waals surface area contributed by atoms with Gasteiger partial charge in [0.15, 0.2) is 17.1 Å². The number of nitrogens with one attached hydrogen (secondary N) is 1. The number of carbonyl (C=O) groups is 2. The SMILES string of the molecule is COc1ccc(NC(=O)/C=C/c2ccc(-c3nc4cc(CC(=O)O)ccc4o3)cc2)cc1OC. The monoisotopic (exact) mass is 458 g/mol. The van der Waals surface area contributed by atoms with Crippen molar-refractivity contribution in [3.05, 3.63) is 77.9 Å². The molecule has 0 saturated heterocycles. The van der Waals surface area contributed by atoms with E-state index >= 15 is 0 Å². The van der Waals surface area contributed by atoms with Crippen molar-refractivity contribution < 1.29 is 28.6 Å². The number of nitrogens with zero attached hydrogens (tertiary/aromatic N) is 1. The van der Waals surface area contributed by atoms with Gasteiger partial charge in [0, 0.05) is 23.4 Å². The number of oxazole rings is 1. The van der Waals surface area contributed by atoms with Crippen LogP contribution in [-0.4, -0.2) is 36.2 Å². The number of hydrogen-bond donors (Lipinski definition) is 2. The topological polar surface area (TPSA) is 111 Å². The molecule has 1 heterocycles. The first kappa shape index (κ1) is 22.6. The van der Waals surface area contributed by atoms with Gasteiger partial charge in [-0.25, -0.2) is 4.98 Å². The molecule has 0 radical (unpaired) electrons. The number of aromatic nitrogens is 1. The minimum Gasteiger partial charge on any atom is -0.493 e. The summed E-state index contributed by atoms with van der Waals surface area (Å²) in [6.45, 7) is 0. The minimum atomic E-state index is -0.899. The van der Waals surface area contributed by atoms with Gasteiger partial charge in [-0.05, 0) is 53.6 Å². The second kappa shape index (κ2) is 9.91. The lowest BCUT2D eigenvalue weighted by molar-refractivity contribution is -0.136. The summed E-state index contributed by atoms with van der Waals surface area (Å²) in [7, 11) is 3.08. The maximum absolute atomic E-state index is 12.3. The van der Waals surface area contributed by atoms with Crippen LogP contribution < -0.4 is 14.8 Å². The smallest absolute Gasteiger partial charge is 0.307 e. The summed E-state index contributed by atoms with van der Waals surface area (Å²) in [6.07, 6.45) is 3.07. The van der Waals surface area contributed by atoms with Crippen LogP contribution in [0.2, 0.25) is 0 Å². The number of carbonyl (C=O) groups excluding carboxylic acids is 1. The van der Waals surface area contributed by atoms with Gasteiger partial charge >= 0.3 is 5.97 Å². The van der Waals surface area contributed by atoms with Crippen LogP contribution in [0, 0.1) is 0 Å². The molecule has 1 aromatic heterocycles. The molecule has 2 N–H and O–H groups in total. The maximum atomic E-state index is 12.3. The van der Waals surface area contributed by atoms with E-state index in [1.807, 2.05) is 24.3 Å². The standard InChI is InChI=1S/C26H22N2O6/c1-32-22-11-9-19(15-23(22)33-2)27-24(29)12-6-16-3-7-18(8-4-16)26-28-20-13-17(14-25(30)31)5-10-21(20)34-26/h3-13,15H,14H2,1-2H3,(H,27,29)(H,30,31)/b12-6+. The van der Waals surface area contributed by atoms with Crippen molar-refractivity contribution in [1.29, 1.82) is 0 Å². The van der Waals surface area contributed by atoms with E-state index in [-0.39, 0.29) is 12.3 Å². The molecule has 8 nitrogen and oxygen atoms in total. The van der Waals surface area contributed by atoms with Crippen LogP contribution in [0.1, 0.15) is 11.1 Å². The molecule has 0 spiro atoms. The number of carboxylic acids is 1. The molecule has 3 aromatic carbocycles. The first-order valence-electron chi connectivity index (χ1n) is 10.4. The van der Waals surface area contributed by atoms with Gasteiger partial charge in [0.1, 0.15) is 5.52 Å². The highest BCUT2D eigenvalue weighted by atomic mass is 16.5. The number of rotatable bonds is 8. The van der Waals surface area contributed by atoms with Crippen molar-refractivity contribution in [2.75, 3.05) is 19.5 Å². The Balaban J connectivity index is 1.43. The highest BCUT2D eigenvalue weighted by Crippen LogP contribution is 2.30. The molecule has 172 valence electrons. The number of anilines is 1. The molecule has 8 heteroatoms. The molecule has 0 aliphatic rings. The molecule has 0 aliphatic heterocycles. The Hall–Kier alpha value is -4.59. The van der Waals surface area contributed by atoms with Gasteiger partial charge in [-0.2, -0.15) is 0 Å². The molecule has 4 aromatic rings. The average Bonchev–Trinajstić information content (AvgIpc) is 3.26. The number of amides is 1. The van der Waals surface area contributed by atoms with Crippen LogP contribution in [0.3, 0.4) is 0 Å². The highest BCUT2D eigenvalue weighted by Gasteiger charge is 2.10. The third kappa shape index (κ3) is 5.24. The van der Waals surface area contributed by atoms with Crippen molar-refractivity contribution in [1.82, 2.24) is 4.98 Å². The predicted molar refractivity (Wildman–Crippen MR) is 128 cm³/mol. The van der Waals surface area contributed by atoms with Gasteiger partial charge in [-0.3, -0.25) is 9.59 Å². The van der Waals surface area contributed by atoms with Gasteiger partial charge in [-0.15, -0.1) is 0 Å². The van der Waals surface area contributed by atoms with Crippen LogP contribution in [0.25, 0.3) is 28.6 Å². The van der Waals surface area contributed by atoms with Crippen LogP contribution >= 0.6 is 0 Å². The molecule has 34 heavy (non-hydrogen) atoms. The molecule has 0 unspecified atom stereocenters. The Morgan fingerprint density at radius 2 is 1.76 bits per heavy atom. The van der Waals surface area contributed by atoms with Gasteiger partial charge in [0.05, 0.1) is 20.6 Å². The van der Waals surface area contributed by atoms with Gasteiger partial charge < -0.3 is 24.3 Å². The average molecular weight is 458 g/mol. The lowest BCUT2D eigenvalue weighted by Gasteiger charge is -2.09. The van der Waals surface area contributed by atoms with Gasteiger partial charge in [0.25, 0.3) is 0 Å². The van der Waals surface area contributed by atoms with Crippen LogP contribution in [0.4, 0.5) is 5.69 Å². The van der Waals surface area contributed by atoms with E-state index in [1.54, 1.807) is 49.6 Å². The zero-order valence-electron chi connectivity index (χ0n) is 18.6. The maximum Gasteiger partial charge on any atom is 0.307 e. The molecular weight excluding hydrogens is 436 g/mol. The first-order chi connectivity index (χ1) is 16.4. The first-order valence-corrected chi connectivity index (χ1v) is 10.4. The molecule has 0 bridgehead atoms. The molecule has 4 rings (SSSR count). The molecule has 0 atom stereocenters. The number of benzene rings is 3. The van der Waals surface area contributed by atoms with Gasteiger partial charge in [0.2, 0.25) is 11.8 Å². The molecule has 0 aliphatic carbocycles. The fraction of sp³-hybridized carbons (Fsp3) is 0.115. The molecule has 1 amide bonds. The van der Waals surface area contributed by atoms with Crippen LogP contribution in [0.5, 0.6) is 11.5 Å². The van der Waals surface area contributed by atoms with E-state index in [4.69, 9.17) is 19.0 Å². The van der Waals surface area contributed by atoms with Gasteiger partial charge in [-0.1, -0.05) is 18.2 Å². The Morgan fingerprint density at radius 3 is 2.47 bits per heavy atom. The van der Waals surface area contributed by atoms with E-state index in [9.17, 15) is 9.59 Å². The number of fused-ring (bicyclic) bond motifs is 1. The largest absolute Gasteiger partial charge is 0.493 e. The third-order valence-corrected chi connectivity index (χ3v) is 5.04. The Bertz CT molecular complexity index is 1370. The molecular formula is C26H22N2O6. The van der Waals surface area contributed by atoms with E-state index in [2.05, 4.69) is 10.3 Å². The Morgan fingerprint density at radius 1 is 1.00 bits per heavy atom. The summed E-state index contributed by atoms with van der Waals surface area (Å²) in [4.78, 5) is 27.7. The van der Waals surface area contributed by atoms with Crippen molar-refractivity contribution >= 4 is 34.7 Å². The highest BCUT2D eigenvalue weighted by molar-refractivity contribution is 6.02. The van der Waals surface area contributed by atoms with Crippen molar-refractivity contribution in [3.63, 3.8) is 0 Å². The van der Waals surface area contributed by atoms with E-state index in [1.165, 1.54) is 13.2 Å². The van der Waals surface area contributed by atoms with Crippen molar-refractivity contribution in [2.45, 2.75) is 6.42 Å². The second-order valence-electron chi connectivity index (χ2n) is 7.41. The van der Waals surface area contributed by atoms with Crippen LogP contribution in [0.15, 0.2) is 71.2 Å². The number of hydrogen-bond acceptors (Lipinski definition) is 6. The summed E-state index contributed by atoms with van der Waals surface area (Å²) in [5.74, 6) is 0.355. The summed E-state index contributed by atoms with van der Waals surface area (Å²) in [5.41, 5.74) is 4.02. The van der Waals surface area contributed by atoms with Crippen molar-refractivity contribution in [2.24, 2.45) is 0 Å². The normalized spacial score (nSPS) is 11.0. The Labute approximate surface area is 195 Å². The lowest BCUT2D eigenvalue weighted by Crippen LogP contribution is -2.07. The number of ether oxygens (including phenoxy) is 2.